The molecule has 1 aromatic heterocycles. The number of hydrogen-bond donors (Lipinski definition) is 1. The Hall–Kier alpha value is -2.14. The molecular formula is C13H10ClFN2O2. The Bertz CT molecular complexity index is 599. The van der Waals surface area contributed by atoms with Gasteiger partial charge in [-0.15, -0.1) is 0 Å². The second-order valence-corrected chi connectivity index (χ2v) is 4.14. The van der Waals surface area contributed by atoms with E-state index in [0.717, 1.165) is 0 Å². The molecule has 0 atom stereocenters. The summed E-state index contributed by atoms with van der Waals surface area (Å²) in [6, 6.07) is 7.06. The number of halogens is 2. The van der Waals surface area contributed by atoms with Crippen molar-refractivity contribution in [1.29, 1.82) is 0 Å². The second kappa shape index (κ2) is 5.67. The molecule has 0 saturated heterocycles. The lowest BCUT2D eigenvalue weighted by molar-refractivity contribution is 0.0600. The molecule has 0 aliphatic rings. The first kappa shape index (κ1) is 13.3. The first-order valence-electron chi connectivity index (χ1n) is 5.36. The number of aromatic nitrogens is 1. The van der Waals surface area contributed by atoms with Crippen LogP contribution in [0, 0.1) is 5.82 Å². The molecule has 0 saturated carbocycles. The van der Waals surface area contributed by atoms with Crippen LogP contribution in [0.15, 0.2) is 36.5 Å². The van der Waals surface area contributed by atoms with Gasteiger partial charge in [0.1, 0.15) is 11.6 Å². The lowest BCUT2D eigenvalue weighted by atomic mass is 10.2. The predicted molar refractivity (Wildman–Crippen MR) is 70.3 cm³/mol. The number of nitrogens with zero attached hydrogens (tertiary/aromatic N) is 1. The van der Waals surface area contributed by atoms with E-state index in [0.29, 0.717) is 17.1 Å². The highest BCUT2D eigenvalue weighted by atomic mass is 35.5. The van der Waals surface area contributed by atoms with Crippen molar-refractivity contribution in [3.05, 3.63) is 52.9 Å². The highest BCUT2D eigenvalue weighted by molar-refractivity contribution is 6.30. The number of methoxy groups -OCH3 is 1. The fraction of sp³-hybridized carbons (Fsp3) is 0.0769. The topological polar surface area (TPSA) is 51.2 Å². The number of anilines is 2. The van der Waals surface area contributed by atoms with Gasteiger partial charge >= 0.3 is 5.97 Å². The van der Waals surface area contributed by atoms with E-state index in [2.05, 4.69) is 15.0 Å². The quantitative estimate of drug-likeness (QED) is 0.876. The summed E-state index contributed by atoms with van der Waals surface area (Å²) in [6.07, 6.45) is 1.45. The molecule has 4 nitrogen and oxygen atoms in total. The number of carbonyl (C=O) groups is 1. The molecule has 0 radical (unpaired) electrons. The molecule has 0 spiro atoms. The Labute approximate surface area is 114 Å². The summed E-state index contributed by atoms with van der Waals surface area (Å²) in [5.41, 5.74) is 0.794. The summed E-state index contributed by atoms with van der Waals surface area (Å²) in [7, 11) is 1.29. The molecule has 2 rings (SSSR count). The van der Waals surface area contributed by atoms with Gasteiger partial charge in [0.05, 0.1) is 12.7 Å². The first-order valence-corrected chi connectivity index (χ1v) is 5.74. The summed E-state index contributed by atoms with van der Waals surface area (Å²) in [4.78, 5) is 15.4. The van der Waals surface area contributed by atoms with Crippen molar-refractivity contribution in [2.45, 2.75) is 0 Å². The minimum Gasteiger partial charge on any atom is -0.465 e. The highest BCUT2D eigenvalue weighted by Gasteiger charge is 2.07. The van der Waals surface area contributed by atoms with Gasteiger partial charge < -0.3 is 10.1 Å². The fourth-order valence-electron chi connectivity index (χ4n) is 1.52. The van der Waals surface area contributed by atoms with Crippen LogP contribution in [0.5, 0.6) is 0 Å². The second-order valence-electron chi connectivity index (χ2n) is 3.70. The molecule has 1 aromatic carbocycles. The third-order valence-electron chi connectivity index (χ3n) is 2.32. The van der Waals surface area contributed by atoms with Crippen LogP contribution in [0.4, 0.5) is 15.9 Å². The fourth-order valence-corrected chi connectivity index (χ4v) is 1.74. The van der Waals surface area contributed by atoms with Crippen molar-refractivity contribution in [2.24, 2.45) is 0 Å². The van der Waals surface area contributed by atoms with E-state index < -0.39 is 11.8 Å². The molecule has 0 aliphatic heterocycles. The lowest BCUT2D eigenvalue weighted by Crippen LogP contribution is -2.03. The van der Waals surface area contributed by atoms with E-state index in [1.807, 2.05) is 0 Å². The van der Waals surface area contributed by atoms with Crippen LogP contribution in [0.2, 0.25) is 5.02 Å². The molecule has 0 fully saturated rings. The Morgan fingerprint density at radius 2 is 2.16 bits per heavy atom. The number of ether oxygens (including phenoxy) is 1. The number of nitrogens with one attached hydrogen (secondary N) is 1. The molecule has 0 aliphatic carbocycles. The smallest absolute Gasteiger partial charge is 0.338 e. The third kappa shape index (κ3) is 3.42. The number of benzene rings is 1. The number of esters is 1. The summed E-state index contributed by atoms with van der Waals surface area (Å²) >= 11 is 5.75. The minimum absolute atomic E-state index is 0.270. The van der Waals surface area contributed by atoms with Gasteiger partial charge in [-0.2, -0.15) is 0 Å². The van der Waals surface area contributed by atoms with E-state index in [1.165, 1.54) is 37.6 Å². The molecule has 6 heteroatoms. The standard InChI is InChI=1S/C13H10ClFN2O2/c1-19-13(18)8-2-3-16-12(4-8)17-11-6-9(14)5-10(15)7-11/h2-7H,1H3,(H,16,17). The van der Waals surface area contributed by atoms with Crippen molar-refractivity contribution in [1.82, 2.24) is 4.98 Å². The van der Waals surface area contributed by atoms with Gasteiger partial charge in [-0.25, -0.2) is 14.2 Å². The van der Waals surface area contributed by atoms with Gasteiger partial charge in [0.15, 0.2) is 0 Å². The molecule has 0 unspecified atom stereocenters. The van der Waals surface area contributed by atoms with Crippen LogP contribution < -0.4 is 5.32 Å². The summed E-state index contributed by atoms with van der Waals surface area (Å²) in [5, 5.41) is 3.13. The van der Waals surface area contributed by atoms with Crippen molar-refractivity contribution >= 4 is 29.1 Å². The van der Waals surface area contributed by atoms with E-state index in [4.69, 9.17) is 11.6 Å². The van der Waals surface area contributed by atoms with Crippen LogP contribution >= 0.6 is 11.6 Å². The van der Waals surface area contributed by atoms with E-state index in [1.54, 1.807) is 6.07 Å². The molecule has 1 N–H and O–H groups in total. The highest BCUT2D eigenvalue weighted by Crippen LogP contribution is 2.21. The summed E-state index contributed by atoms with van der Waals surface area (Å²) in [6.45, 7) is 0. The summed E-state index contributed by atoms with van der Waals surface area (Å²) < 4.78 is 17.8. The van der Waals surface area contributed by atoms with Gasteiger partial charge in [0.25, 0.3) is 0 Å². The van der Waals surface area contributed by atoms with Crippen LogP contribution in [-0.4, -0.2) is 18.1 Å². The SMILES string of the molecule is COC(=O)c1ccnc(Nc2cc(F)cc(Cl)c2)c1. The van der Waals surface area contributed by atoms with E-state index in [-0.39, 0.29) is 5.02 Å². The van der Waals surface area contributed by atoms with Crippen molar-refractivity contribution in [3.8, 4) is 0 Å². The van der Waals surface area contributed by atoms with Gasteiger partial charge in [0, 0.05) is 16.9 Å². The monoisotopic (exact) mass is 280 g/mol. The molecular weight excluding hydrogens is 271 g/mol. The average molecular weight is 281 g/mol. The minimum atomic E-state index is -0.470. The van der Waals surface area contributed by atoms with Crippen molar-refractivity contribution in [2.75, 3.05) is 12.4 Å². The zero-order chi connectivity index (χ0) is 13.8. The maximum atomic E-state index is 13.2. The van der Waals surface area contributed by atoms with Crippen LogP contribution in [-0.2, 0) is 4.74 Å². The average Bonchev–Trinajstić information content (AvgIpc) is 2.37. The zero-order valence-corrected chi connectivity index (χ0v) is 10.7. The van der Waals surface area contributed by atoms with Crippen molar-refractivity contribution < 1.29 is 13.9 Å². The first-order chi connectivity index (χ1) is 9.08. The molecule has 0 bridgehead atoms. The van der Waals surface area contributed by atoms with E-state index >= 15 is 0 Å². The van der Waals surface area contributed by atoms with E-state index in [9.17, 15) is 9.18 Å². The number of rotatable bonds is 3. The van der Waals surface area contributed by atoms with Crippen LogP contribution in [0.1, 0.15) is 10.4 Å². The Balaban J connectivity index is 2.25. The predicted octanol–water partition coefficient (Wildman–Crippen LogP) is 3.40. The Kier molecular flexibility index (Phi) is 3.97. The van der Waals surface area contributed by atoms with Crippen LogP contribution in [0.25, 0.3) is 0 Å². The third-order valence-corrected chi connectivity index (χ3v) is 2.53. The van der Waals surface area contributed by atoms with Gasteiger partial charge in [-0.1, -0.05) is 11.6 Å². The maximum Gasteiger partial charge on any atom is 0.338 e. The lowest BCUT2D eigenvalue weighted by Gasteiger charge is -2.07. The molecule has 0 amide bonds. The van der Waals surface area contributed by atoms with Gasteiger partial charge in [0.2, 0.25) is 0 Å². The molecule has 98 valence electrons. The number of hydrogen-bond acceptors (Lipinski definition) is 4. The normalized spacial score (nSPS) is 10.1. The van der Waals surface area contributed by atoms with Gasteiger partial charge in [-0.05, 0) is 30.3 Å². The number of pyridine rings is 1. The van der Waals surface area contributed by atoms with Crippen molar-refractivity contribution in [3.63, 3.8) is 0 Å². The Morgan fingerprint density at radius 3 is 2.84 bits per heavy atom. The van der Waals surface area contributed by atoms with Gasteiger partial charge in [-0.3, -0.25) is 0 Å². The largest absolute Gasteiger partial charge is 0.465 e. The molecule has 2 aromatic rings. The zero-order valence-electron chi connectivity index (χ0n) is 9.98. The maximum absolute atomic E-state index is 13.2. The Morgan fingerprint density at radius 1 is 1.37 bits per heavy atom. The molecule has 1 heterocycles. The molecule has 19 heavy (non-hydrogen) atoms. The van der Waals surface area contributed by atoms with Crippen LogP contribution in [0.3, 0.4) is 0 Å². The summed E-state index contributed by atoms with van der Waals surface area (Å²) in [5.74, 6) is -0.536. The number of carbonyl (C=O) groups excluding carboxylic acids is 1.